The van der Waals surface area contributed by atoms with E-state index >= 15 is 0 Å². The Morgan fingerprint density at radius 1 is 0.905 bits per heavy atom. The average molecular weight is 296 g/mol. The van der Waals surface area contributed by atoms with Gasteiger partial charge in [-0.2, -0.15) is 0 Å². The number of carboxylic acids is 1. The number of rotatable bonds is 1. The molecule has 1 rings (SSSR count). The van der Waals surface area contributed by atoms with E-state index in [9.17, 15) is 15.0 Å². The normalized spacial score (nSPS) is 11.6. The third-order valence-corrected chi connectivity index (χ3v) is 3.03. The Hall–Kier alpha value is -1.71. The van der Waals surface area contributed by atoms with E-state index in [1.807, 2.05) is 41.5 Å². The Labute approximate surface area is 127 Å². The van der Waals surface area contributed by atoms with Crippen LogP contribution in [0.2, 0.25) is 0 Å². The molecule has 4 nitrogen and oxygen atoms in total. The highest BCUT2D eigenvalue weighted by molar-refractivity contribution is 5.66. The van der Waals surface area contributed by atoms with Crippen LogP contribution < -0.4 is 0 Å². The second-order valence-corrected chi connectivity index (χ2v) is 7.13. The van der Waals surface area contributed by atoms with Crippen molar-refractivity contribution in [2.75, 3.05) is 0 Å². The zero-order valence-corrected chi connectivity index (χ0v) is 14.1. The molecule has 0 aliphatic carbocycles. The van der Waals surface area contributed by atoms with Gasteiger partial charge in [-0.3, -0.25) is 4.79 Å². The topological polar surface area (TPSA) is 77.8 Å². The molecule has 21 heavy (non-hydrogen) atoms. The summed E-state index contributed by atoms with van der Waals surface area (Å²) in [5, 5.41) is 27.7. The summed E-state index contributed by atoms with van der Waals surface area (Å²) in [6, 6.07) is 3.35. The van der Waals surface area contributed by atoms with Crippen molar-refractivity contribution in [2.24, 2.45) is 0 Å². The number of aliphatic carboxylic acids is 1. The predicted molar refractivity (Wildman–Crippen MR) is 85.1 cm³/mol. The fraction of sp³-hybridized carbons (Fsp3) is 0.588. The van der Waals surface area contributed by atoms with Gasteiger partial charge in [-0.25, -0.2) is 0 Å². The number of phenols is 2. The van der Waals surface area contributed by atoms with Gasteiger partial charge in [0.2, 0.25) is 0 Å². The van der Waals surface area contributed by atoms with Crippen LogP contribution in [0.1, 0.15) is 66.0 Å². The number of carbonyl (C=O) groups is 1. The predicted octanol–water partition coefficient (Wildman–Crippen LogP) is 4.17. The number of benzene rings is 1. The summed E-state index contributed by atoms with van der Waals surface area (Å²) in [5.74, 6) is -0.226. The second-order valence-electron chi connectivity index (χ2n) is 7.13. The van der Waals surface area contributed by atoms with E-state index < -0.39 is 5.97 Å². The van der Waals surface area contributed by atoms with E-state index in [1.54, 1.807) is 19.1 Å². The molecule has 3 N–H and O–H groups in total. The molecule has 1 aromatic rings. The van der Waals surface area contributed by atoms with Gasteiger partial charge in [-0.15, -0.1) is 0 Å². The molecule has 0 aliphatic heterocycles. The maximum Gasteiger partial charge on any atom is 0.303 e. The Morgan fingerprint density at radius 3 is 1.29 bits per heavy atom. The average Bonchev–Trinajstić information content (AvgIpc) is 2.29. The lowest BCUT2D eigenvalue weighted by Crippen LogP contribution is -2.15. The van der Waals surface area contributed by atoms with Crippen molar-refractivity contribution >= 4 is 5.97 Å². The molecule has 0 amide bonds. The Bertz CT molecular complexity index is 451. The summed E-state index contributed by atoms with van der Waals surface area (Å²) in [4.78, 5) is 9.37. The summed E-state index contributed by atoms with van der Waals surface area (Å²) in [6.07, 6.45) is 0.222. The Kier molecular flexibility index (Phi) is 6.28. The van der Waals surface area contributed by atoms with Crippen molar-refractivity contribution in [3.05, 3.63) is 23.3 Å². The van der Waals surface area contributed by atoms with Crippen molar-refractivity contribution in [1.29, 1.82) is 0 Å². The molecule has 0 fully saturated rings. The van der Waals surface area contributed by atoms with E-state index in [2.05, 4.69) is 0 Å². The van der Waals surface area contributed by atoms with Gasteiger partial charge >= 0.3 is 5.97 Å². The van der Waals surface area contributed by atoms with Crippen LogP contribution in [-0.4, -0.2) is 21.3 Å². The quantitative estimate of drug-likeness (QED) is 0.680. The van der Waals surface area contributed by atoms with Crippen molar-refractivity contribution in [1.82, 2.24) is 0 Å². The van der Waals surface area contributed by atoms with Crippen molar-refractivity contribution in [3.63, 3.8) is 0 Å². The molecule has 0 heterocycles. The standard InChI is InChI=1S/C14H22O2.C3H6O2/c1-13(2,3)9-7-12(16)10(8-11(9)15)14(4,5)6;1-2-3(4)5/h7-8,15-16H,1-6H3;2H2,1H3,(H,4,5). The molecule has 1 aromatic carbocycles. The van der Waals surface area contributed by atoms with Gasteiger partial charge in [-0.05, 0) is 23.0 Å². The minimum Gasteiger partial charge on any atom is -0.508 e. The summed E-state index contributed by atoms with van der Waals surface area (Å²) in [6.45, 7) is 13.7. The number of aromatic hydroxyl groups is 2. The first-order chi connectivity index (χ1) is 9.30. The minimum atomic E-state index is -0.745. The van der Waals surface area contributed by atoms with Gasteiger partial charge in [0.25, 0.3) is 0 Å². The number of hydrogen-bond donors (Lipinski definition) is 3. The lowest BCUT2D eigenvalue weighted by Gasteiger charge is -2.25. The van der Waals surface area contributed by atoms with Gasteiger partial charge in [0.05, 0.1) is 0 Å². The molecule has 0 spiro atoms. The van der Waals surface area contributed by atoms with E-state index in [1.165, 1.54) is 0 Å². The molecule has 0 bridgehead atoms. The first kappa shape index (κ1) is 19.3. The third-order valence-electron chi connectivity index (χ3n) is 3.03. The molecule has 0 atom stereocenters. The van der Waals surface area contributed by atoms with Crippen LogP contribution in [0.15, 0.2) is 12.1 Å². The highest BCUT2D eigenvalue weighted by atomic mass is 16.4. The molecular weight excluding hydrogens is 268 g/mol. The maximum absolute atomic E-state index is 10.0. The van der Waals surface area contributed by atoms with Gasteiger partial charge < -0.3 is 15.3 Å². The van der Waals surface area contributed by atoms with E-state index in [-0.39, 0.29) is 28.7 Å². The first-order valence-electron chi connectivity index (χ1n) is 7.09. The van der Waals surface area contributed by atoms with E-state index in [0.29, 0.717) is 0 Å². The fourth-order valence-corrected chi connectivity index (χ4v) is 1.78. The Morgan fingerprint density at radius 2 is 1.14 bits per heavy atom. The van der Waals surface area contributed by atoms with Gasteiger partial charge in [0, 0.05) is 17.5 Å². The third kappa shape index (κ3) is 6.06. The van der Waals surface area contributed by atoms with Gasteiger partial charge in [0.15, 0.2) is 0 Å². The summed E-state index contributed by atoms with van der Waals surface area (Å²) >= 11 is 0. The monoisotopic (exact) mass is 296 g/mol. The Balaban J connectivity index is 0.000000690. The van der Waals surface area contributed by atoms with Crippen LogP contribution in [0.5, 0.6) is 11.5 Å². The summed E-state index contributed by atoms with van der Waals surface area (Å²) in [5.41, 5.74) is 1.21. The molecule has 0 aliphatic rings. The molecule has 120 valence electrons. The number of carboxylic acid groups (broad SMARTS) is 1. The maximum atomic E-state index is 10.0. The number of phenolic OH excluding ortho intramolecular Hbond substituents is 2. The van der Waals surface area contributed by atoms with Crippen LogP contribution in [0.3, 0.4) is 0 Å². The van der Waals surface area contributed by atoms with Crippen molar-refractivity contribution in [3.8, 4) is 11.5 Å². The van der Waals surface area contributed by atoms with E-state index in [4.69, 9.17) is 5.11 Å². The molecule has 0 unspecified atom stereocenters. The lowest BCUT2D eigenvalue weighted by atomic mass is 9.81. The zero-order chi connectivity index (χ0) is 17.0. The highest BCUT2D eigenvalue weighted by Crippen LogP contribution is 2.39. The van der Waals surface area contributed by atoms with E-state index in [0.717, 1.165) is 11.1 Å². The largest absolute Gasteiger partial charge is 0.508 e. The van der Waals surface area contributed by atoms with Gasteiger partial charge in [-0.1, -0.05) is 48.5 Å². The van der Waals surface area contributed by atoms with Crippen LogP contribution in [-0.2, 0) is 15.6 Å². The SMILES string of the molecule is CC(C)(C)c1cc(O)c(C(C)(C)C)cc1O.CCC(=O)O. The molecule has 4 heteroatoms. The van der Waals surface area contributed by atoms with Crippen LogP contribution in [0.25, 0.3) is 0 Å². The highest BCUT2D eigenvalue weighted by Gasteiger charge is 2.24. The minimum absolute atomic E-state index is 0.169. The van der Waals surface area contributed by atoms with Crippen molar-refractivity contribution < 1.29 is 20.1 Å². The molecule has 0 aromatic heterocycles. The first-order valence-corrected chi connectivity index (χ1v) is 7.09. The summed E-state index contributed by atoms with van der Waals surface area (Å²) < 4.78 is 0. The molecular formula is C17H28O4. The molecule has 0 radical (unpaired) electrons. The fourth-order valence-electron chi connectivity index (χ4n) is 1.78. The van der Waals surface area contributed by atoms with Gasteiger partial charge in [0.1, 0.15) is 11.5 Å². The number of hydrogen-bond acceptors (Lipinski definition) is 3. The molecule has 0 saturated heterocycles. The van der Waals surface area contributed by atoms with Crippen molar-refractivity contribution in [2.45, 2.75) is 65.7 Å². The second kappa shape index (κ2) is 6.83. The van der Waals surface area contributed by atoms with Crippen LogP contribution in [0, 0.1) is 0 Å². The summed E-state index contributed by atoms with van der Waals surface area (Å²) in [7, 11) is 0. The smallest absolute Gasteiger partial charge is 0.303 e. The van der Waals surface area contributed by atoms with Crippen LogP contribution in [0.4, 0.5) is 0 Å². The lowest BCUT2D eigenvalue weighted by molar-refractivity contribution is -0.136. The zero-order valence-electron chi connectivity index (χ0n) is 14.1. The molecule has 0 saturated carbocycles. The van der Waals surface area contributed by atoms with Crippen LogP contribution >= 0.6 is 0 Å².